The summed E-state index contributed by atoms with van der Waals surface area (Å²) in [7, 11) is 0. The van der Waals surface area contributed by atoms with Crippen LogP contribution in [0.5, 0.6) is 5.75 Å². The van der Waals surface area contributed by atoms with Crippen LogP contribution >= 0.6 is 11.6 Å². The van der Waals surface area contributed by atoms with E-state index < -0.39 is 5.82 Å². The van der Waals surface area contributed by atoms with Gasteiger partial charge in [0.15, 0.2) is 11.0 Å². The minimum absolute atomic E-state index is 0.115. The number of allylic oxidation sites excluding steroid dienone is 3. The molecule has 0 saturated heterocycles. The molecule has 1 heterocycles. The molecule has 2 aromatic rings. The van der Waals surface area contributed by atoms with E-state index >= 15 is 0 Å². The van der Waals surface area contributed by atoms with Gasteiger partial charge in [-0.2, -0.15) is 5.26 Å². The lowest BCUT2D eigenvalue weighted by molar-refractivity contribution is 0.435. The Morgan fingerprint density at radius 3 is 2.71 bits per heavy atom. The Hall–Kier alpha value is -2.64. The van der Waals surface area contributed by atoms with E-state index in [9.17, 15) is 4.39 Å². The minimum atomic E-state index is -0.802. The van der Waals surface area contributed by atoms with Gasteiger partial charge in [-0.3, -0.25) is 0 Å². The van der Waals surface area contributed by atoms with Crippen LogP contribution in [0.1, 0.15) is 18.9 Å². The highest BCUT2D eigenvalue weighted by atomic mass is 35.5. The topological polar surface area (TPSA) is 45.9 Å². The molecule has 0 spiro atoms. The Balaban J connectivity index is 1.85. The zero-order chi connectivity index (χ0) is 17.1. The smallest absolute Gasteiger partial charge is 0.178 e. The highest BCUT2D eigenvalue weighted by molar-refractivity contribution is 6.29. The lowest BCUT2D eigenvalue weighted by Gasteiger charge is -2.13. The third kappa shape index (κ3) is 3.32. The normalized spacial score (nSPS) is 16.4. The summed E-state index contributed by atoms with van der Waals surface area (Å²) in [6.45, 7) is 2.14. The second kappa shape index (κ2) is 6.86. The van der Waals surface area contributed by atoms with E-state index in [2.05, 4.69) is 18.0 Å². The molecule has 0 radical (unpaired) electrons. The Kier molecular flexibility index (Phi) is 4.64. The second-order valence-corrected chi connectivity index (χ2v) is 5.93. The van der Waals surface area contributed by atoms with E-state index in [1.54, 1.807) is 24.3 Å². The van der Waals surface area contributed by atoms with Gasteiger partial charge in [0.05, 0.1) is 0 Å². The first-order valence-corrected chi connectivity index (χ1v) is 7.87. The number of pyridine rings is 1. The first-order valence-electron chi connectivity index (χ1n) is 7.49. The molecule has 3 rings (SSSR count). The van der Waals surface area contributed by atoms with Crippen molar-refractivity contribution >= 4 is 11.6 Å². The second-order valence-electron chi connectivity index (χ2n) is 5.57. The molecular formula is C19H14ClFN2O. The molecular weight excluding hydrogens is 327 g/mol. The van der Waals surface area contributed by atoms with E-state index in [4.69, 9.17) is 21.6 Å². The number of rotatable bonds is 3. The maximum absolute atomic E-state index is 13.9. The molecule has 24 heavy (non-hydrogen) atoms. The highest BCUT2D eigenvalue weighted by Crippen LogP contribution is 2.29. The van der Waals surface area contributed by atoms with Gasteiger partial charge in [-0.15, -0.1) is 0 Å². The third-order valence-corrected chi connectivity index (χ3v) is 4.03. The molecule has 0 amide bonds. The third-order valence-electron chi connectivity index (χ3n) is 3.77. The molecule has 0 bridgehead atoms. The monoisotopic (exact) mass is 340 g/mol. The van der Waals surface area contributed by atoms with E-state index in [0.29, 0.717) is 22.8 Å². The molecule has 1 atom stereocenters. The number of halogens is 2. The molecule has 0 fully saturated rings. The summed E-state index contributed by atoms with van der Waals surface area (Å²) in [5, 5.41) is 8.86. The molecule has 1 aliphatic rings. The van der Waals surface area contributed by atoms with Gasteiger partial charge >= 0.3 is 0 Å². The molecule has 0 aliphatic heterocycles. The van der Waals surface area contributed by atoms with E-state index in [1.807, 2.05) is 18.2 Å². The van der Waals surface area contributed by atoms with Gasteiger partial charge in [-0.25, -0.2) is 9.37 Å². The molecule has 1 aromatic heterocycles. The fourth-order valence-corrected chi connectivity index (χ4v) is 2.56. The van der Waals surface area contributed by atoms with E-state index in [0.717, 1.165) is 12.2 Å². The first-order chi connectivity index (χ1) is 11.6. The van der Waals surface area contributed by atoms with Crippen molar-refractivity contribution in [3.05, 3.63) is 71.0 Å². The van der Waals surface area contributed by atoms with Crippen molar-refractivity contribution in [2.45, 2.75) is 13.3 Å². The van der Waals surface area contributed by atoms with Crippen LogP contribution in [0.25, 0.3) is 11.1 Å². The van der Waals surface area contributed by atoms with Crippen molar-refractivity contribution in [1.82, 2.24) is 4.98 Å². The Morgan fingerprint density at radius 1 is 1.33 bits per heavy atom. The minimum Gasteiger partial charge on any atom is -0.458 e. The van der Waals surface area contributed by atoms with Crippen molar-refractivity contribution < 1.29 is 9.13 Å². The summed E-state index contributed by atoms with van der Waals surface area (Å²) < 4.78 is 19.7. The number of ether oxygens (including phenoxy) is 1. The van der Waals surface area contributed by atoms with Gasteiger partial charge in [-0.05, 0) is 42.2 Å². The molecule has 0 N–H and O–H groups in total. The standard InChI is InChI=1S/C19H14ClFN2O/c1-12-2-6-14(7-3-12)24-15-8-4-13(5-9-15)17-11-23-19(20)18(21)16(17)10-22/h2,4-9,11-12H,3H2,1H3. The van der Waals surface area contributed by atoms with Gasteiger partial charge in [0, 0.05) is 11.8 Å². The molecule has 1 aliphatic carbocycles. The molecule has 3 nitrogen and oxygen atoms in total. The Morgan fingerprint density at radius 2 is 2.08 bits per heavy atom. The highest BCUT2D eigenvalue weighted by Gasteiger charge is 2.15. The van der Waals surface area contributed by atoms with Gasteiger partial charge in [0.2, 0.25) is 0 Å². The number of hydrogen-bond donors (Lipinski definition) is 0. The van der Waals surface area contributed by atoms with E-state index in [1.165, 1.54) is 6.20 Å². The number of hydrogen-bond acceptors (Lipinski definition) is 3. The maximum atomic E-state index is 13.9. The Bertz CT molecular complexity index is 866. The number of nitriles is 1. The van der Waals surface area contributed by atoms with Gasteiger partial charge < -0.3 is 4.74 Å². The molecule has 120 valence electrons. The SMILES string of the molecule is CC1C=CC(Oc2ccc(-c3cnc(Cl)c(F)c3C#N)cc2)=CC1. The van der Waals surface area contributed by atoms with Crippen LogP contribution < -0.4 is 4.74 Å². The maximum Gasteiger partial charge on any atom is 0.178 e. The van der Waals surface area contributed by atoms with Crippen LogP contribution in [-0.4, -0.2) is 4.98 Å². The van der Waals surface area contributed by atoms with Gasteiger partial charge in [-0.1, -0.05) is 36.7 Å². The van der Waals surface area contributed by atoms with Crippen LogP contribution in [0, 0.1) is 23.1 Å². The number of nitrogens with zero attached hydrogens (tertiary/aromatic N) is 2. The predicted molar refractivity (Wildman–Crippen MR) is 91.0 cm³/mol. The Labute approximate surface area is 144 Å². The van der Waals surface area contributed by atoms with Gasteiger partial charge in [0.25, 0.3) is 0 Å². The van der Waals surface area contributed by atoms with Crippen molar-refractivity contribution in [3.63, 3.8) is 0 Å². The number of benzene rings is 1. The average Bonchev–Trinajstić information content (AvgIpc) is 2.60. The lowest BCUT2D eigenvalue weighted by Crippen LogP contribution is -2.00. The van der Waals surface area contributed by atoms with Crippen LogP contribution in [0.2, 0.25) is 5.15 Å². The first kappa shape index (κ1) is 16.2. The van der Waals surface area contributed by atoms with Crippen LogP contribution in [0.3, 0.4) is 0 Å². The fraction of sp³-hybridized carbons (Fsp3) is 0.158. The summed E-state index contributed by atoms with van der Waals surface area (Å²) in [6.07, 6.45) is 8.45. The van der Waals surface area contributed by atoms with Crippen LogP contribution in [0.15, 0.2) is 54.4 Å². The zero-order valence-corrected chi connectivity index (χ0v) is 13.7. The van der Waals surface area contributed by atoms with Crippen LogP contribution in [0.4, 0.5) is 4.39 Å². The summed E-state index contributed by atoms with van der Waals surface area (Å²) in [5.74, 6) is 1.20. The van der Waals surface area contributed by atoms with Crippen molar-refractivity contribution in [2.24, 2.45) is 5.92 Å². The summed E-state index contributed by atoms with van der Waals surface area (Å²) in [5.41, 5.74) is 0.955. The van der Waals surface area contributed by atoms with E-state index in [-0.39, 0.29) is 10.7 Å². The predicted octanol–water partition coefficient (Wildman–Crippen LogP) is 5.27. The molecule has 5 heteroatoms. The van der Waals surface area contributed by atoms with Gasteiger partial charge in [0.1, 0.15) is 23.1 Å². The largest absolute Gasteiger partial charge is 0.458 e. The van der Waals surface area contributed by atoms with Crippen molar-refractivity contribution in [2.75, 3.05) is 0 Å². The summed E-state index contributed by atoms with van der Waals surface area (Å²) in [4.78, 5) is 3.78. The molecule has 0 saturated carbocycles. The molecule has 1 unspecified atom stereocenters. The quantitative estimate of drug-likeness (QED) is 0.715. The average molecular weight is 341 g/mol. The fourth-order valence-electron chi connectivity index (χ4n) is 2.41. The zero-order valence-electron chi connectivity index (χ0n) is 13.0. The lowest BCUT2D eigenvalue weighted by atomic mass is 10.0. The van der Waals surface area contributed by atoms with Crippen molar-refractivity contribution in [1.29, 1.82) is 5.26 Å². The number of aromatic nitrogens is 1. The molecule has 1 aromatic carbocycles. The van der Waals surface area contributed by atoms with Crippen LogP contribution in [-0.2, 0) is 0 Å². The van der Waals surface area contributed by atoms with Crippen molar-refractivity contribution in [3.8, 4) is 22.9 Å². The summed E-state index contributed by atoms with van der Waals surface area (Å²) >= 11 is 5.63. The summed E-state index contributed by atoms with van der Waals surface area (Å²) in [6, 6.07) is 8.91.